The molecule has 0 radical (unpaired) electrons. The van der Waals surface area contributed by atoms with Gasteiger partial charge in [0.15, 0.2) is 0 Å². The smallest absolute Gasteiger partial charge is 0.258 e. The number of benzene rings is 2. The Bertz CT molecular complexity index is 812. The molecule has 3 aromatic rings. The topological polar surface area (TPSA) is 59.2 Å². The van der Waals surface area contributed by atoms with Gasteiger partial charge >= 0.3 is 0 Å². The van der Waals surface area contributed by atoms with E-state index < -0.39 is 0 Å². The molecule has 1 aromatic heterocycles. The van der Waals surface area contributed by atoms with E-state index in [0.717, 1.165) is 16.7 Å². The van der Waals surface area contributed by atoms with E-state index in [9.17, 15) is 9.50 Å². The molecular weight excluding hydrogens is 271 g/mol. The second kappa shape index (κ2) is 5.01. The van der Waals surface area contributed by atoms with Crippen molar-refractivity contribution in [1.29, 1.82) is 0 Å². The molecule has 21 heavy (non-hydrogen) atoms. The van der Waals surface area contributed by atoms with Crippen LogP contribution in [0.25, 0.3) is 22.8 Å². The fourth-order valence-corrected chi connectivity index (χ4v) is 2.17. The predicted octanol–water partition coefficient (Wildman–Crippen LogP) is 3.87. The number of hydrogen-bond donors (Lipinski definition) is 1. The van der Waals surface area contributed by atoms with Crippen LogP contribution in [-0.4, -0.2) is 15.2 Å². The molecule has 0 saturated heterocycles. The van der Waals surface area contributed by atoms with Gasteiger partial charge in [-0.15, -0.1) is 0 Å². The van der Waals surface area contributed by atoms with Crippen LogP contribution in [-0.2, 0) is 0 Å². The van der Waals surface area contributed by atoms with Crippen molar-refractivity contribution in [3.05, 3.63) is 53.3 Å². The van der Waals surface area contributed by atoms with E-state index in [1.807, 2.05) is 13.8 Å². The minimum Gasteiger partial charge on any atom is -0.508 e. The highest BCUT2D eigenvalue weighted by atomic mass is 19.1. The minimum absolute atomic E-state index is 0.178. The highest BCUT2D eigenvalue weighted by molar-refractivity contribution is 5.65. The van der Waals surface area contributed by atoms with Gasteiger partial charge in [-0.1, -0.05) is 11.2 Å². The van der Waals surface area contributed by atoms with Gasteiger partial charge < -0.3 is 9.63 Å². The lowest BCUT2D eigenvalue weighted by Gasteiger charge is -2.01. The fraction of sp³-hybridized carbons (Fsp3) is 0.125. The normalized spacial score (nSPS) is 10.8. The molecule has 2 aromatic carbocycles. The van der Waals surface area contributed by atoms with Crippen LogP contribution >= 0.6 is 0 Å². The molecule has 0 amide bonds. The summed E-state index contributed by atoms with van der Waals surface area (Å²) in [5, 5.41) is 13.3. The zero-order valence-electron chi connectivity index (χ0n) is 11.6. The maximum absolute atomic E-state index is 13.4. The van der Waals surface area contributed by atoms with Gasteiger partial charge in [0.1, 0.15) is 11.6 Å². The highest BCUT2D eigenvalue weighted by Gasteiger charge is 2.14. The molecule has 5 heteroatoms. The number of hydrogen-bond acceptors (Lipinski definition) is 4. The molecule has 0 spiro atoms. The molecule has 0 aliphatic rings. The number of aromatic hydroxyl groups is 1. The predicted molar refractivity (Wildman–Crippen MR) is 76.3 cm³/mol. The van der Waals surface area contributed by atoms with Gasteiger partial charge in [-0.2, -0.15) is 4.98 Å². The number of aromatic nitrogens is 2. The van der Waals surface area contributed by atoms with E-state index in [-0.39, 0.29) is 11.6 Å². The Morgan fingerprint density at radius 3 is 2.57 bits per heavy atom. The summed E-state index contributed by atoms with van der Waals surface area (Å²) in [7, 11) is 0. The number of phenols is 1. The summed E-state index contributed by atoms with van der Waals surface area (Å²) < 4.78 is 18.6. The lowest BCUT2D eigenvalue weighted by atomic mass is 10.1. The molecule has 0 aliphatic carbocycles. The molecule has 0 atom stereocenters. The average molecular weight is 284 g/mol. The van der Waals surface area contributed by atoms with Crippen molar-refractivity contribution < 1.29 is 14.0 Å². The van der Waals surface area contributed by atoms with Crippen molar-refractivity contribution in [2.75, 3.05) is 0 Å². The Balaban J connectivity index is 2.06. The quantitative estimate of drug-likeness (QED) is 0.776. The number of nitrogens with zero attached hydrogens (tertiary/aromatic N) is 2. The van der Waals surface area contributed by atoms with Gasteiger partial charge in [-0.05, 0) is 55.3 Å². The van der Waals surface area contributed by atoms with Crippen molar-refractivity contribution >= 4 is 0 Å². The van der Waals surface area contributed by atoms with Crippen molar-refractivity contribution in [2.45, 2.75) is 13.8 Å². The summed E-state index contributed by atoms with van der Waals surface area (Å²) in [5.74, 6) is 0.514. The van der Waals surface area contributed by atoms with E-state index in [1.54, 1.807) is 24.3 Å². The Morgan fingerprint density at radius 1 is 1.00 bits per heavy atom. The van der Waals surface area contributed by atoms with Crippen molar-refractivity contribution in [1.82, 2.24) is 10.1 Å². The molecular formula is C16H13FN2O2. The van der Waals surface area contributed by atoms with Crippen LogP contribution in [0.3, 0.4) is 0 Å². The SMILES string of the molecule is Cc1ccc(F)cc1-c1noc(-c2ccc(O)cc2C)n1. The Labute approximate surface area is 120 Å². The lowest BCUT2D eigenvalue weighted by Crippen LogP contribution is -1.88. The van der Waals surface area contributed by atoms with Gasteiger partial charge in [-0.25, -0.2) is 4.39 Å². The van der Waals surface area contributed by atoms with Crippen molar-refractivity contribution in [2.24, 2.45) is 0 Å². The summed E-state index contributed by atoms with van der Waals surface area (Å²) in [6, 6.07) is 9.33. The van der Waals surface area contributed by atoms with Crippen LogP contribution in [0.5, 0.6) is 5.75 Å². The Kier molecular flexibility index (Phi) is 3.17. The van der Waals surface area contributed by atoms with Crippen LogP contribution < -0.4 is 0 Å². The van der Waals surface area contributed by atoms with Crippen molar-refractivity contribution in [3.8, 4) is 28.6 Å². The van der Waals surface area contributed by atoms with Gasteiger partial charge in [-0.3, -0.25) is 0 Å². The first-order valence-electron chi connectivity index (χ1n) is 6.45. The summed E-state index contributed by atoms with van der Waals surface area (Å²) >= 11 is 0. The van der Waals surface area contributed by atoms with E-state index in [4.69, 9.17) is 4.52 Å². The molecule has 0 saturated carbocycles. The van der Waals surface area contributed by atoms with Crippen molar-refractivity contribution in [3.63, 3.8) is 0 Å². The monoisotopic (exact) mass is 284 g/mol. The average Bonchev–Trinajstić information content (AvgIpc) is 2.91. The number of halogens is 1. The molecule has 0 unspecified atom stereocenters. The summed E-state index contributed by atoms with van der Waals surface area (Å²) in [5.41, 5.74) is 3.02. The summed E-state index contributed by atoms with van der Waals surface area (Å²) in [6.45, 7) is 3.70. The molecule has 1 heterocycles. The third-order valence-corrected chi connectivity index (χ3v) is 3.31. The second-order valence-electron chi connectivity index (χ2n) is 4.88. The van der Waals surface area contributed by atoms with E-state index in [0.29, 0.717) is 17.3 Å². The van der Waals surface area contributed by atoms with E-state index in [2.05, 4.69) is 10.1 Å². The Hall–Kier alpha value is -2.69. The maximum Gasteiger partial charge on any atom is 0.258 e. The van der Waals surface area contributed by atoms with Gasteiger partial charge in [0.05, 0.1) is 0 Å². The van der Waals surface area contributed by atoms with Crippen LogP contribution in [0.2, 0.25) is 0 Å². The summed E-state index contributed by atoms with van der Waals surface area (Å²) in [6.07, 6.45) is 0. The zero-order chi connectivity index (χ0) is 15.0. The fourth-order valence-electron chi connectivity index (χ4n) is 2.17. The first-order valence-corrected chi connectivity index (χ1v) is 6.45. The lowest BCUT2D eigenvalue weighted by molar-refractivity contribution is 0.431. The number of rotatable bonds is 2. The second-order valence-corrected chi connectivity index (χ2v) is 4.88. The van der Waals surface area contributed by atoms with Crippen LogP contribution in [0.15, 0.2) is 40.9 Å². The number of aryl methyl sites for hydroxylation is 2. The third kappa shape index (κ3) is 2.50. The molecule has 106 valence electrons. The molecule has 0 fully saturated rings. The van der Waals surface area contributed by atoms with Crippen LogP contribution in [0.1, 0.15) is 11.1 Å². The van der Waals surface area contributed by atoms with Crippen LogP contribution in [0, 0.1) is 19.7 Å². The van der Waals surface area contributed by atoms with E-state index in [1.165, 1.54) is 12.1 Å². The molecule has 0 aliphatic heterocycles. The zero-order valence-corrected chi connectivity index (χ0v) is 11.6. The highest BCUT2D eigenvalue weighted by Crippen LogP contribution is 2.28. The van der Waals surface area contributed by atoms with Gasteiger partial charge in [0.2, 0.25) is 5.82 Å². The molecule has 0 bridgehead atoms. The van der Waals surface area contributed by atoms with Gasteiger partial charge in [0.25, 0.3) is 5.89 Å². The Morgan fingerprint density at radius 2 is 1.81 bits per heavy atom. The third-order valence-electron chi connectivity index (χ3n) is 3.31. The minimum atomic E-state index is -0.345. The van der Waals surface area contributed by atoms with Gasteiger partial charge in [0, 0.05) is 11.1 Å². The molecule has 4 nitrogen and oxygen atoms in total. The first-order chi connectivity index (χ1) is 10.0. The first kappa shape index (κ1) is 13.3. The standard InChI is InChI=1S/C16H13FN2O2/c1-9-3-4-11(17)8-14(9)15-18-16(21-19-15)13-6-5-12(20)7-10(13)2/h3-8,20H,1-2H3. The van der Waals surface area contributed by atoms with Crippen LogP contribution in [0.4, 0.5) is 4.39 Å². The number of phenolic OH excluding ortho intramolecular Hbond substituents is 1. The van der Waals surface area contributed by atoms with E-state index >= 15 is 0 Å². The maximum atomic E-state index is 13.4. The molecule has 3 rings (SSSR count). The largest absolute Gasteiger partial charge is 0.508 e. The molecule has 1 N–H and O–H groups in total. The summed E-state index contributed by atoms with van der Waals surface area (Å²) in [4.78, 5) is 4.32.